The summed E-state index contributed by atoms with van der Waals surface area (Å²) < 4.78 is 21.0. The molecule has 0 saturated carbocycles. The number of anilines is 1. The third kappa shape index (κ3) is 4.29. The molecule has 0 radical (unpaired) electrons. The van der Waals surface area contributed by atoms with Gasteiger partial charge in [-0.15, -0.1) is 0 Å². The van der Waals surface area contributed by atoms with Crippen LogP contribution in [-0.4, -0.2) is 36.5 Å². The van der Waals surface area contributed by atoms with Crippen LogP contribution >= 0.6 is 11.6 Å². The highest BCUT2D eigenvalue weighted by molar-refractivity contribution is 6.32. The summed E-state index contributed by atoms with van der Waals surface area (Å²) in [5.74, 6) is -1.83. The van der Waals surface area contributed by atoms with Gasteiger partial charge in [-0.2, -0.15) is 10.2 Å². The van der Waals surface area contributed by atoms with Crippen molar-refractivity contribution in [3.8, 4) is 5.75 Å². The van der Waals surface area contributed by atoms with E-state index in [4.69, 9.17) is 21.4 Å². The van der Waals surface area contributed by atoms with Crippen LogP contribution in [0.5, 0.6) is 5.75 Å². The number of ether oxygens (including phenoxy) is 1. The van der Waals surface area contributed by atoms with Crippen molar-refractivity contribution in [1.82, 2.24) is 19.6 Å². The molecular formula is C17H15ClFN5O4. The molecule has 0 aliphatic carbocycles. The largest absolute Gasteiger partial charge is 0.480 e. The summed E-state index contributed by atoms with van der Waals surface area (Å²) in [6, 6.07) is 4.17. The first-order valence-electron chi connectivity index (χ1n) is 8.03. The normalized spacial score (nSPS) is 11.8. The number of rotatable bonds is 7. The lowest BCUT2D eigenvalue weighted by Gasteiger charge is -2.11. The minimum Gasteiger partial charge on any atom is -0.480 e. The van der Waals surface area contributed by atoms with Crippen molar-refractivity contribution in [2.45, 2.75) is 19.7 Å². The quantitative estimate of drug-likeness (QED) is 0.623. The third-order valence-corrected chi connectivity index (χ3v) is 4.06. The Morgan fingerprint density at radius 2 is 2.14 bits per heavy atom. The molecule has 146 valence electrons. The second-order valence-corrected chi connectivity index (χ2v) is 6.15. The third-order valence-electron chi connectivity index (χ3n) is 3.76. The topological polar surface area (TPSA) is 111 Å². The zero-order chi connectivity index (χ0) is 20.3. The summed E-state index contributed by atoms with van der Waals surface area (Å²) in [6.45, 7) is 1.40. The summed E-state index contributed by atoms with van der Waals surface area (Å²) >= 11 is 5.89. The van der Waals surface area contributed by atoms with E-state index in [-0.39, 0.29) is 23.2 Å². The first-order valence-corrected chi connectivity index (χ1v) is 8.41. The molecule has 3 rings (SSSR count). The number of carboxylic acid groups (broad SMARTS) is 1. The number of carbonyl (C=O) groups excluding carboxylic acids is 1. The number of amides is 1. The summed E-state index contributed by atoms with van der Waals surface area (Å²) in [5.41, 5.74) is 0.464. The van der Waals surface area contributed by atoms with Gasteiger partial charge in [0.25, 0.3) is 5.91 Å². The van der Waals surface area contributed by atoms with Crippen molar-refractivity contribution in [1.29, 1.82) is 0 Å². The zero-order valence-corrected chi connectivity index (χ0v) is 15.3. The smallest absolute Gasteiger partial charge is 0.328 e. The van der Waals surface area contributed by atoms with Crippen LogP contribution in [0.3, 0.4) is 0 Å². The number of halogens is 2. The number of benzene rings is 1. The Kier molecular flexibility index (Phi) is 5.59. The van der Waals surface area contributed by atoms with E-state index in [2.05, 4.69) is 15.5 Å². The minimum atomic E-state index is -1.11. The number of carboxylic acids is 1. The molecule has 0 bridgehead atoms. The Bertz CT molecular complexity index is 1020. The highest BCUT2D eigenvalue weighted by atomic mass is 35.5. The summed E-state index contributed by atoms with van der Waals surface area (Å²) in [6.07, 6.45) is 4.25. The molecule has 0 spiro atoms. The molecule has 1 unspecified atom stereocenters. The summed E-state index contributed by atoms with van der Waals surface area (Å²) in [7, 11) is 0. The molecule has 1 amide bonds. The summed E-state index contributed by atoms with van der Waals surface area (Å²) in [5, 5.41) is 19.7. The Labute approximate surface area is 163 Å². The van der Waals surface area contributed by atoms with Crippen molar-refractivity contribution >= 4 is 29.2 Å². The molecule has 11 heteroatoms. The average Bonchev–Trinajstić information content (AvgIpc) is 3.29. The first kappa shape index (κ1) is 19.4. The maximum absolute atomic E-state index is 13.0. The van der Waals surface area contributed by atoms with Crippen molar-refractivity contribution in [3.05, 3.63) is 59.4 Å². The second-order valence-electron chi connectivity index (χ2n) is 5.75. The highest BCUT2D eigenvalue weighted by Crippen LogP contribution is 2.25. The van der Waals surface area contributed by atoms with E-state index in [1.54, 1.807) is 0 Å². The number of nitrogens with zero attached hydrogens (tertiary/aromatic N) is 4. The van der Waals surface area contributed by atoms with Gasteiger partial charge in [0.15, 0.2) is 6.73 Å². The van der Waals surface area contributed by atoms with E-state index >= 15 is 0 Å². The second kappa shape index (κ2) is 8.09. The fourth-order valence-corrected chi connectivity index (χ4v) is 2.55. The minimum absolute atomic E-state index is 0.0186. The van der Waals surface area contributed by atoms with Gasteiger partial charge >= 0.3 is 5.97 Å². The number of hydrogen-bond acceptors (Lipinski definition) is 5. The van der Waals surface area contributed by atoms with Crippen LogP contribution in [0.2, 0.25) is 5.02 Å². The van der Waals surface area contributed by atoms with Crippen molar-refractivity contribution in [3.63, 3.8) is 0 Å². The molecule has 2 N–H and O–H groups in total. The van der Waals surface area contributed by atoms with Gasteiger partial charge in [-0.25, -0.2) is 18.5 Å². The fourth-order valence-electron chi connectivity index (χ4n) is 2.33. The number of hydrogen-bond donors (Lipinski definition) is 2. The Morgan fingerprint density at radius 3 is 2.86 bits per heavy atom. The molecule has 2 heterocycles. The van der Waals surface area contributed by atoms with Crippen LogP contribution in [0, 0.1) is 5.82 Å². The molecular weight excluding hydrogens is 393 g/mol. The standard InChI is InChI=1S/C17H15ClFN5O4/c1-10(17(26)27)24-14(4-5-20-24)16(25)22-12-7-21-23(8-12)9-28-15-3-2-11(19)6-13(15)18/h2-8,10H,9H2,1H3,(H,22,25)(H,26,27). The van der Waals surface area contributed by atoms with Gasteiger partial charge < -0.3 is 15.2 Å². The van der Waals surface area contributed by atoms with Gasteiger partial charge in [0.1, 0.15) is 23.3 Å². The lowest BCUT2D eigenvalue weighted by molar-refractivity contribution is -0.140. The van der Waals surface area contributed by atoms with Gasteiger partial charge in [-0.05, 0) is 31.2 Å². The van der Waals surface area contributed by atoms with Crippen LogP contribution < -0.4 is 10.1 Å². The molecule has 0 aliphatic rings. The fraction of sp³-hybridized carbons (Fsp3) is 0.176. The van der Waals surface area contributed by atoms with Gasteiger partial charge in [-0.3, -0.25) is 4.79 Å². The van der Waals surface area contributed by atoms with E-state index in [1.807, 2.05) is 0 Å². The van der Waals surface area contributed by atoms with E-state index in [9.17, 15) is 14.0 Å². The molecule has 1 aromatic carbocycles. The highest BCUT2D eigenvalue weighted by Gasteiger charge is 2.21. The molecule has 3 aromatic rings. The van der Waals surface area contributed by atoms with Gasteiger partial charge in [0.2, 0.25) is 0 Å². The van der Waals surface area contributed by atoms with Crippen molar-refractivity contribution < 1.29 is 23.8 Å². The Morgan fingerprint density at radius 1 is 1.36 bits per heavy atom. The number of aliphatic carboxylic acids is 1. The van der Waals surface area contributed by atoms with E-state index in [0.29, 0.717) is 5.69 Å². The van der Waals surface area contributed by atoms with E-state index in [0.717, 1.165) is 10.7 Å². The van der Waals surface area contributed by atoms with E-state index < -0.39 is 23.7 Å². The molecule has 1 atom stereocenters. The molecule has 0 fully saturated rings. The molecule has 28 heavy (non-hydrogen) atoms. The van der Waals surface area contributed by atoms with Crippen LogP contribution in [0.1, 0.15) is 23.5 Å². The first-order chi connectivity index (χ1) is 13.3. The number of carbonyl (C=O) groups is 2. The summed E-state index contributed by atoms with van der Waals surface area (Å²) in [4.78, 5) is 23.5. The molecule has 0 saturated heterocycles. The van der Waals surface area contributed by atoms with Crippen molar-refractivity contribution in [2.75, 3.05) is 5.32 Å². The monoisotopic (exact) mass is 407 g/mol. The average molecular weight is 408 g/mol. The lowest BCUT2D eigenvalue weighted by Crippen LogP contribution is -2.24. The zero-order valence-electron chi connectivity index (χ0n) is 14.5. The maximum Gasteiger partial charge on any atom is 0.328 e. The predicted octanol–water partition coefficient (Wildman–Crippen LogP) is 2.81. The van der Waals surface area contributed by atoms with Crippen LogP contribution in [0.25, 0.3) is 0 Å². The van der Waals surface area contributed by atoms with Crippen molar-refractivity contribution in [2.24, 2.45) is 0 Å². The number of nitrogens with one attached hydrogen (secondary N) is 1. The maximum atomic E-state index is 13.0. The SMILES string of the molecule is CC(C(=O)O)n1nccc1C(=O)Nc1cnn(COc2ccc(F)cc2Cl)c1. The number of aromatic nitrogens is 4. The Hall–Kier alpha value is -3.40. The van der Waals surface area contributed by atoms with Crippen LogP contribution in [0.4, 0.5) is 10.1 Å². The van der Waals surface area contributed by atoms with E-state index in [1.165, 1.54) is 48.4 Å². The molecule has 2 aromatic heterocycles. The van der Waals surface area contributed by atoms with Gasteiger partial charge in [0.05, 0.1) is 23.1 Å². The molecule has 9 nitrogen and oxygen atoms in total. The molecule has 0 aliphatic heterocycles. The lowest BCUT2D eigenvalue weighted by atomic mass is 10.3. The van der Waals surface area contributed by atoms with Crippen LogP contribution in [0.15, 0.2) is 42.9 Å². The van der Waals surface area contributed by atoms with Gasteiger partial charge in [0, 0.05) is 6.20 Å². The Balaban J connectivity index is 1.64. The predicted molar refractivity (Wildman–Crippen MR) is 96.8 cm³/mol. The van der Waals surface area contributed by atoms with Gasteiger partial charge in [-0.1, -0.05) is 11.6 Å². The van der Waals surface area contributed by atoms with Crippen LogP contribution in [-0.2, 0) is 11.5 Å².